The number of benzene rings is 1. The predicted octanol–water partition coefficient (Wildman–Crippen LogP) is 5.45. The first-order valence-corrected chi connectivity index (χ1v) is 10.1. The standard InChI is InChI=1S/C23H27ClN4O/c1-15(2)14-28-21(10-11-25-28)20-13-17(22(29)27-23(3,4)5)12-19(26-20)16-6-8-18(24)9-7-16/h6-13,15H,14H2,1-5H3,(H,27,29). The molecule has 0 radical (unpaired) electrons. The van der Waals surface area contributed by atoms with Crippen LogP contribution in [-0.4, -0.2) is 26.2 Å². The number of amides is 1. The SMILES string of the molecule is CC(C)Cn1nccc1-c1cc(C(=O)NC(C)(C)C)cc(-c2ccc(Cl)cc2)n1. The minimum atomic E-state index is -0.333. The Kier molecular flexibility index (Phi) is 6.08. The van der Waals surface area contributed by atoms with E-state index in [1.807, 2.05) is 67.9 Å². The molecular weight excluding hydrogens is 384 g/mol. The highest BCUT2D eigenvalue weighted by Crippen LogP contribution is 2.26. The third-order valence-corrected chi connectivity index (χ3v) is 4.49. The molecule has 0 saturated heterocycles. The highest BCUT2D eigenvalue weighted by molar-refractivity contribution is 6.30. The fraction of sp³-hybridized carbons (Fsp3) is 0.348. The first-order valence-electron chi connectivity index (χ1n) is 9.75. The van der Waals surface area contributed by atoms with Gasteiger partial charge in [-0.3, -0.25) is 9.48 Å². The minimum Gasteiger partial charge on any atom is -0.347 e. The van der Waals surface area contributed by atoms with Crippen molar-refractivity contribution in [3.8, 4) is 22.6 Å². The molecule has 152 valence electrons. The third-order valence-electron chi connectivity index (χ3n) is 4.23. The number of rotatable bonds is 5. The van der Waals surface area contributed by atoms with Crippen molar-refractivity contribution in [2.24, 2.45) is 5.92 Å². The molecule has 1 amide bonds. The van der Waals surface area contributed by atoms with Crippen LogP contribution < -0.4 is 5.32 Å². The van der Waals surface area contributed by atoms with Crippen molar-refractivity contribution in [1.82, 2.24) is 20.1 Å². The van der Waals surface area contributed by atoms with E-state index in [0.29, 0.717) is 16.5 Å². The van der Waals surface area contributed by atoms with Gasteiger partial charge in [-0.1, -0.05) is 37.6 Å². The summed E-state index contributed by atoms with van der Waals surface area (Å²) in [6.45, 7) is 11.0. The Morgan fingerprint density at radius 2 is 1.76 bits per heavy atom. The van der Waals surface area contributed by atoms with Crippen LogP contribution in [0.2, 0.25) is 5.02 Å². The highest BCUT2D eigenvalue weighted by Gasteiger charge is 2.19. The average molecular weight is 411 g/mol. The number of aromatic nitrogens is 3. The minimum absolute atomic E-state index is 0.133. The van der Waals surface area contributed by atoms with Gasteiger partial charge in [0.2, 0.25) is 0 Å². The van der Waals surface area contributed by atoms with Crippen molar-refractivity contribution >= 4 is 17.5 Å². The van der Waals surface area contributed by atoms with E-state index in [9.17, 15) is 4.79 Å². The van der Waals surface area contributed by atoms with Crippen LogP contribution in [0, 0.1) is 5.92 Å². The van der Waals surface area contributed by atoms with E-state index in [2.05, 4.69) is 24.3 Å². The van der Waals surface area contributed by atoms with E-state index < -0.39 is 0 Å². The number of hydrogen-bond acceptors (Lipinski definition) is 3. The van der Waals surface area contributed by atoms with Crippen LogP contribution >= 0.6 is 11.6 Å². The zero-order chi connectivity index (χ0) is 21.2. The maximum atomic E-state index is 12.9. The Morgan fingerprint density at radius 1 is 1.10 bits per heavy atom. The summed E-state index contributed by atoms with van der Waals surface area (Å²) >= 11 is 6.04. The number of pyridine rings is 1. The monoisotopic (exact) mass is 410 g/mol. The summed E-state index contributed by atoms with van der Waals surface area (Å²) in [6, 6.07) is 13.0. The summed E-state index contributed by atoms with van der Waals surface area (Å²) in [4.78, 5) is 17.7. The van der Waals surface area contributed by atoms with Crippen LogP contribution in [0.1, 0.15) is 45.0 Å². The van der Waals surface area contributed by atoms with E-state index in [4.69, 9.17) is 16.6 Å². The lowest BCUT2D eigenvalue weighted by molar-refractivity contribution is 0.0919. The fourth-order valence-corrected chi connectivity index (χ4v) is 3.14. The molecule has 0 spiro atoms. The number of nitrogens with zero attached hydrogens (tertiary/aromatic N) is 3. The van der Waals surface area contributed by atoms with E-state index in [1.54, 1.807) is 6.20 Å². The van der Waals surface area contributed by atoms with Gasteiger partial charge in [0.05, 0.1) is 17.1 Å². The first-order chi connectivity index (χ1) is 13.6. The maximum absolute atomic E-state index is 12.9. The molecule has 0 atom stereocenters. The summed E-state index contributed by atoms with van der Waals surface area (Å²) in [6.07, 6.45) is 1.77. The van der Waals surface area contributed by atoms with Gasteiger partial charge in [0, 0.05) is 34.4 Å². The van der Waals surface area contributed by atoms with Crippen molar-refractivity contribution in [1.29, 1.82) is 0 Å². The predicted molar refractivity (Wildman–Crippen MR) is 118 cm³/mol. The molecule has 0 aliphatic heterocycles. The number of halogens is 1. The lowest BCUT2D eigenvalue weighted by atomic mass is 10.0. The Morgan fingerprint density at radius 3 is 2.38 bits per heavy atom. The summed E-state index contributed by atoms with van der Waals surface area (Å²) in [5.74, 6) is 0.308. The van der Waals surface area contributed by atoms with Crippen molar-refractivity contribution in [3.63, 3.8) is 0 Å². The van der Waals surface area contributed by atoms with E-state index in [1.165, 1.54) is 0 Å². The molecule has 0 bridgehead atoms. The second-order valence-corrected chi connectivity index (χ2v) is 9.07. The Labute approximate surface area is 177 Å². The van der Waals surface area contributed by atoms with Gasteiger partial charge in [0.15, 0.2) is 0 Å². The van der Waals surface area contributed by atoms with E-state index in [0.717, 1.165) is 29.2 Å². The molecule has 2 aromatic heterocycles. The average Bonchev–Trinajstić information content (AvgIpc) is 3.08. The largest absolute Gasteiger partial charge is 0.347 e. The van der Waals surface area contributed by atoms with E-state index in [-0.39, 0.29) is 11.4 Å². The van der Waals surface area contributed by atoms with Crippen LogP contribution in [0.3, 0.4) is 0 Å². The molecule has 5 nitrogen and oxygen atoms in total. The van der Waals surface area contributed by atoms with Gasteiger partial charge in [0.25, 0.3) is 5.91 Å². The Balaban J connectivity index is 2.11. The Bertz CT molecular complexity index is 1000. The topological polar surface area (TPSA) is 59.8 Å². The smallest absolute Gasteiger partial charge is 0.251 e. The van der Waals surface area contributed by atoms with E-state index >= 15 is 0 Å². The molecule has 1 N–H and O–H groups in total. The molecule has 0 saturated carbocycles. The third kappa shape index (κ3) is 5.45. The van der Waals surface area contributed by atoms with Crippen LogP contribution in [0.5, 0.6) is 0 Å². The lowest BCUT2D eigenvalue weighted by Crippen LogP contribution is -2.40. The van der Waals surface area contributed by atoms with Crippen LogP contribution in [0.25, 0.3) is 22.6 Å². The normalized spacial score (nSPS) is 11.7. The van der Waals surface area contributed by atoms with Crippen molar-refractivity contribution in [2.45, 2.75) is 46.7 Å². The van der Waals surface area contributed by atoms with Crippen molar-refractivity contribution in [3.05, 3.63) is 59.2 Å². The number of nitrogens with one attached hydrogen (secondary N) is 1. The van der Waals surface area contributed by atoms with Crippen LogP contribution in [-0.2, 0) is 6.54 Å². The molecule has 3 rings (SSSR count). The van der Waals surface area contributed by atoms with Crippen LogP contribution in [0.15, 0.2) is 48.7 Å². The molecule has 0 aliphatic rings. The fourth-order valence-electron chi connectivity index (χ4n) is 3.02. The summed E-state index contributed by atoms with van der Waals surface area (Å²) in [5.41, 5.74) is 3.45. The number of hydrogen-bond donors (Lipinski definition) is 1. The van der Waals surface area contributed by atoms with Gasteiger partial charge in [-0.15, -0.1) is 0 Å². The van der Waals surface area contributed by atoms with Crippen molar-refractivity contribution in [2.75, 3.05) is 0 Å². The van der Waals surface area contributed by atoms with Crippen LogP contribution in [0.4, 0.5) is 0 Å². The highest BCUT2D eigenvalue weighted by atomic mass is 35.5. The zero-order valence-electron chi connectivity index (χ0n) is 17.5. The van der Waals surface area contributed by atoms with Gasteiger partial charge in [-0.05, 0) is 57.0 Å². The number of carbonyl (C=O) groups is 1. The molecule has 0 unspecified atom stereocenters. The van der Waals surface area contributed by atoms with Gasteiger partial charge in [-0.2, -0.15) is 5.10 Å². The molecule has 6 heteroatoms. The maximum Gasteiger partial charge on any atom is 0.251 e. The summed E-state index contributed by atoms with van der Waals surface area (Å²) in [5, 5.41) is 8.13. The second-order valence-electron chi connectivity index (χ2n) is 8.63. The zero-order valence-corrected chi connectivity index (χ0v) is 18.3. The van der Waals surface area contributed by atoms with Crippen molar-refractivity contribution < 1.29 is 4.79 Å². The molecular formula is C23H27ClN4O. The van der Waals surface area contributed by atoms with Gasteiger partial charge in [0.1, 0.15) is 0 Å². The molecule has 2 heterocycles. The molecule has 0 aliphatic carbocycles. The second kappa shape index (κ2) is 8.37. The van der Waals surface area contributed by atoms with Gasteiger partial charge < -0.3 is 5.32 Å². The summed E-state index contributed by atoms with van der Waals surface area (Å²) < 4.78 is 1.93. The summed E-state index contributed by atoms with van der Waals surface area (Å²) in [7, 11) is 0. The molecule has 1 aromatic carbocycles. The Hall–Kier alpha value is -2.66. The van der Waals surface area contributed by atoms with Gasteiger partial charge >= 0.3 is 0 Å². The molecule has 29 heavy (non-hydrogen) atoms. The quantitative estimate of drug-likeness (QED) is 0.608. The molecule has 3 aromatic rings. The lowest BCUT2D eigenvalue weighted by Gasteiger charge is -2.21. The molecule has 0 fully saturated rings. The first kappa shape index (κ1) is 21.1. The number of carbonyl (C=O) groups excluding carboxylic acids is 1. The van der Waals surface area contributed by atoms with Gasteiger partial charge in [-0.25, -0.2) is 4.98 Å².